The molecule has 0 saturated heterocycles. The molecule has 0 aliphatic heterocycles. The molecular formula is C20H21N5O2. The summed E-state index contributed by atoms with van der Waals surface area (Å²) in [4.78, 5) is 13.7. The molecule has 1 atom stereocenters. The van der Waals surface area contributed by atoms with Crippen molar-refractivity contribution >= 4 is 5.91 Å². The van der Waals surface area contributed by atoms with E-state index in [1.165, 1.54) is 4.80 Å². The topological polar surface area (TPSA) is 81.9 Å². The predicted molar refractivity (Wildman–Crippen MR) is 98.6 cm³/mol. The molecule has 1 aliphatic carbocycles. The zero-order valence-corrected chi connectivity index (χ0v) is 14.9. The fraction of sp³-hybridized carbons (Fsp3) is 0.300. The molecule has 1 unspecified atom stereocenters. The molecule has 1 N–H and O–H groups in total. The highest BCUT2D eigenvalue weighted by molar-refractivity contribution is 5.76. The van der Waals surface area contributed by atoms with Crippen molar-refractivity contribution < 1.29 is 9.53 Å². The lowest BCUT2D eigenvalue weighted by Gasteiger charge is -2.18. The maximum Gasteiger partial charge on any atom is 0.244 e. The molecular weight excluding hydrogens is 342 g/mol. The van der Waals surface area contributed by atoms with Gasteiger partial charge in [-0.05, 0) is 41.7 Å². The summed E-state index contributed by atoms with van der Waals surface area (Å²) in [5.74, 6) is 1.56. The molecule has 1 aliphatic rings. The van der Waals surface area contributed by atoms with Crippen molar-refractivity contribution in [2.75, 3.05) is 0 Å². The second kappa shape index (κ2) is 7.99. The van der Waals surface area contributed by atoms with Crippen molar-refractivity contribution in [2.24, 2.45) is 5.92 Å². The lowest BCUT2D eigenvalue weighted by molar-refractivity contribution is -0.123. The smallest absolute Gasteiger partial charge is 0.244 e. The first kappa shape index (κ1) is 17.2. The van der Waals surface area contributed by atoms with Crippen LogP contribution in [-0.4, -0.2) is 26.1 Å². The van der Waals surface area contributed by atoms with Gasteiger partial charge in [0.25, 0.3) is 0 Å². The molecule has 0 spiro atoms. The van der Waals surface area contributed by atoms with Gasteiger partial charge in [0.15, 0.2) is 6.61 Å². The monoisotopic (exact) mass is 363 g/mol. The van der Waals surface area contributed by atoms with Crippen LogP contribution in [-0.2, 0) is 17.9 Å². The van der Waals surface area contributed by atoms with Gasteiger partial charge >= 0.3 is 0 Å². The van der Waals surface area contributed by atoms with Crippen LogP contribution >= 0.6 is 0 Å². The average Bonchev–Trinajstić information content (AvgIpc) is 3.46. The molecule has 1 fully saturated rings. The second-order valence-corrected chi connectivity index (χ2v) is 6.63. The third-order valence-electron chi connectivity index (χ3n) is 4.46. The third-order valence-corrected chi connectivity index (χ3v) is 4.46. The van der Waals surface area contributed by atoms with Crippen molar-refractivity contribution in [3.63, 3.8) is 0 Å². The van der Waals surface area contributed by atoms with Gasteiger partial charge in [-0.15, -0.1) is 10.2 Å². The first-order chi connectivity index (χ1) is 13.3. The van der Waals surface area contributed by atoms with Crippen LogP contribution in [0.3, 0.4) is 0 Å². The lowest BCUT2D eigenvalue weighted by Crippen LogP contribution is -2.33. The van der Waals surface area contributed by atoms with E-state index in [1.807, 2.05) is 48.5 Å². The minimum absolute atomic E-state index is 0.0361. The molecule has 1 amide bonds. The van der Waals surface area contributed by atoms with Crippen LogP contribution in [0.4, 0.5) is 0 Å². The predicted octanol–water partition coefficient (Wildman–Crippen LogP) is 2.52. The van der Waals surface area contributed by atoms with Gasteiger partial charge in [0.05, 0.1) is 6.04 Å². The van der Waals surface area contributed by atoms with Crippen LogP contribution in [0.15, 0.2) is 60.7 Å². The van der Waals surface area contributed by atoms with Crippen molar-refractivity contribution in [1.82, 2.24) is 25.5 Å². The Labute approximate surface area is 157 Å². The summed E-state index contributed by atoms with van der Waals surface area (Å²) < 4.78 is 5.59. The van der Waals surface area contributed by atoms with E-state index in [2.05, 4.69) is 32.9 Å². The maximum atomic E-state index is 12.4. The fourth-order valence-electron chi connectivity index (χ4n) is 2.98. The van der Waals surface area contributed by atoms with Crippen molar-refractivity contribution in [3.05, 3.63) is 72.1 Å². The fourth-order valence-corrected chi connectivity index (χ4v) is 2.98. The number of carbonyl (C=O) groups excluding carboxylic acids is 1. The Morgan fingerprint density at radius 2 is 1.81 bits per heavy atom. The molecule has 0 bridgehead atoms. The number of aromatic nitrogens is 4. The first-order valence-corrected chi connectivity index (χ1v) is 9.07. The number of benzene rings is 2. The Morgan fingerprint density at radius 1 is 1.11 bits per heavy atom. The number of rotatable bonds is 8. The minimum atomic E-state index is -0.122. The maximum absolute atomic E-state index is 12.4. The van der Waals surface area contributed by atoms with Gasteiger partial charge in [-0.3, -0.25) is 4.79 Å². The average molecular weight is 363 g/mol. The van der Waals surface area contributed by atoms with Crippen LogP contribution < -0.4 is 10.1 Å². The van der Waals surface area contributed by atoms with Crippen molar-refractivity contribution in [2.45, 2.75) is 32.0 Å². The summed E-state index contributed by atoms with van der Waals surface area (Å²) in [6, 6.07) is 19.6. The number of ether oxygens (including phenoxy) is 1. The van der Waals surface area contributed by atoms with Crippen molar-refractivity contribution in [1.29, 1.82) is 0 Å². The normalized spacial score (nSPS) is 14.5. The molecule has 1 saturated carbocycles. The Morgan fingerprint density at radius 3 is 2.52 bits per heavy atom. The number of tetrazole rings is 1. The van der Waals surface area contributed by atoms with Gasteiger partial charge in [-0.1, -0.05) is 48.5 Å². The lowest BCUT2D eigenvalue weighted by atomic mass is 10.0. The molecule has 3 aromatic rings. The number of para-hydroxylation sites is 1. The highest BCUT2D eigenvalue weighted by Gasteiger charge is 2.33. The zero-order valence-electron chi connectivity index (χ0n) is 14.9. The highest BCUT2D eigenvalue weighted by Crippen LogP contribution is 2.40. The largest absolute Gasteiger partial charge is 0.485 e. The Kier molecular flexibility index (Phi) is 5.09. The van der Waals surface area contributed by atoms with Crippen LogP contribution in [0.5, 0.6) is 5.75 Å². The number of nitrogens with one attached hydrogen (secondary N) is 1. The molecule has 4 rings (SSSR count). The Balaban J connectivity index is 1.32. The summed E-state index contributed by atoms with van der Waals surface area (Å²) in [5.41, 5.74) is 1.14. The summed E-state index contributed by atoms with van der Waals surface area (Å²) >= 11 is 0. The van der Waals surface area contributed by atoms with Gasteiger partial charge in [-0.2, -0.15) is 4.80 Å². The SMILES string of the molecule is O=C(Cn1nnc(COc2ccccc2)n1)NC(c1ccccc1)C1CC1. The van der Waals surface area contributed by atoms with Crippen LogP contribution in [0.25, 0.3) is 0 Å². The van der Waals surface area contributed by atoms with Gasteiger partial charge < -0.3 is 10.1 Å². The molecule has 1 aromatic heterocycles. The van der Waals surface area contributed by atoms with E-state index in [9.17, 15) is 4.79 Å². The van der Waals surface area contributed by atoms with Gasteiger partial charge in [0.1, 0.15) is 12.3 Å². The van der Waals surface area contributed by atoms with Crippen LogP contribution in [0, 0.1) is 5.92 Å². The van der Waals surface area contributed by atoms with E-state index in [-0.39, 0.29) is 25.1 Å². The molecule has 2 aromatic carbocycles. The van der Waals surface area contributed by atoms with E-state index in [0.717, 1.165) is 24.2 Å². The molecule has 0 radical (unpaired) electrons. The van der Waals surface area contributed by atoms with E-state index in [4.69, 9.17) is 4.74 Å². The molecule has 27 heavy (non-hydrogen) atoms. The molecule has 138 valence electrons. The van der Waals surface area contributed by atoms with Crippen LogP contribution in [0.2, 0.25) is 0 Å². The van der Waals surface area contributed by atoms with Gasteiger partial charge in [0.2, 0.25) is 11.7 Å². The quantitative estimate of drug-likeness (QED) is 0.665. The first-order valence-electron chi connectivity index (χ1n) is 9.07. The van der Waals surface area contributed by atoms with E-state index < -0.39 is 0 Å². The number of nitrogens with zero attached hydrogens (tertiary/aromatic N) is 4. The minimum Gasteiger partial charge on any atom is -0.485 e. The van der Waals surface area contributed by atoms with Gasteiger partial charge in [-0.25, -0.2) is 0 Å². The van der Waals surface area contributed by atoms with Crippen LogP contribution in [0.1, 0.15) is 30.3 Å². The number of hydrogen-bond donors (Lipinski definition) is 1. The van der Waals surface area contributed by atoms with E-state index in [1.54, 1.807) is 0 Å². The zero-order chi connectivity index (χ0) is 18.5. The number of hydrogen-bond acceptors (Lipinski definition) is 5. The summed E-state index contributed by atoms with van der Waals surface area (Å²) in [6.45, 7) is 0.245. The molecule has 7 nitrogen and oxygen atoms in total. The summed E-state index contributed by atoms with van der Waals surface area (Å²) in [6.07, 6.45) is 2.28. The standard InChI is InChI=1S/C20H21N5O2/c26-19(21-20(16-11-12-16)15-7-3-1-4-8-15)13-25-23-18(22-24-25)14-27-17-9-5-2-6-10-17/h1-10,16,20H,11-14H2,(H,21,26). The summed E-state index contributed by atoms with van der Waals surface area (Å²) in [7, 11) is 0. The number of carbonyl (C=O) groups is 1. The molecule has 1 heterocycles. The second-order valence-electron chi connectivity index (χ2n) is 6.63. The molecule has 7 heteroatoms. The van der Waals surface area contributed by atoms with E-state index in [0.29, 0.717) is 11.7 Å². The highest BCUT2D eigenvalue weighted by atomic mass is 16.5. The third kappa shape index (κ3) is 4.69. The Hall–Kier alpha value is -3.22. The van der Waals surface area contributed by atoms with Gasteiger partial charge in [0, 0.05) is 0 Å². The van der Waals surface area contributed by atoms with Crippen molar-refractivity contribution in [3.8, 4) is 5.75 Å². The Bertz CT molecular complexity index is 878. The van der Waals surface area contributed by atoms with E-state index >= 15 is 0 Å². The summed E-state index contributed by atoms with van der Waals surface area (Å²) in [5, 5.41) is 15.2. The number of amides is 1.